The molecule has 7 rings (SSSR count). The largest absolute Gasteiger partial charge is 0.490 e. The first kappa shape index (κ1) is 32.0. The molecule has 10 heteroatoms. The van der Waals surface area contributed by atoms with Crippen LogP contribution < -0.4 is 14.4 Å². The van der Waals surface area contributed by atoms with Crippen molar-refractivity contribution in [2.24, 2.45) is 17.8 Å². The summed E-state index contributed by atoms with van der Waals surface area (Å²) in [6, 6.07) is 11.5. The lowest BCUT2D eigenvalue weighted by molar-refractivity contribution is 0.0456. The Hall–Kier alpha value is -2.59. The van der Waals surface area contributed by atoms with E-state index in [0.29, 0.717) is 63.5 Å². The summed E-state index contributed by atoms with van der Waals surface area (Å²) < 4.78 is 42.0. The number of rotatable bonds is 2. The monoisotopic (exact) mass is 668 g/mol. The second kappa shape index (κ2) is 13.1. The molecule has 0 unspecified atom stereocenters. The first-order valence-corrected chi connectivity index (χ1v) is 18.9. The molecule has 1 saturated heterocycles. The van der Waals surface area contributed by atoms with E-state index in [1.54, 1.807) is 12.1 Å². The minimum atomic E-state index is -3.96. The second-order valence-electron chi connectivity index (χ2n) is 14.2. The zero-order valence-corrected chi connectivity index (χ0v) is 27.9. The maximum atomic E-state index is 13.8. The number of aliphatic hydroxyl groups excluding tert-OH is 1. The topological polar surface area (TPSA) is 105 Å². The summed E-state index contributed by atoms with van der Waals surface area (Å²) in [6.45, 7) is 3.17. The maximum Gasteiger partial charge on any atom is 0.264 e. The van der Waals surface area contributed by atoms with Crippen LogP contribution in [0, 0.1) is 17.8 Å². The number of amides is 1. The number of aliphatic hydroxyl groups is 1. The van der Waals surface area contributed by atoms with Crippen LogP contribution >= 0.6 is 11.6 Å². The Balaban J connectivity index is 1.25. The first-order chi connectivity index (χ1) is 22.2. The van der Waals surface area contributed by atoms with Crippen molar-refractivity contribution >= 4 is 33.2 Å². The first-order valence-electron chi connectivity index (χ1n) is 17.0. The molecule has 0 aromatic heterocycles. The summed E-state index contributed by atoms with van der Waals surface area (Å²) in [5.41, 5.74) is 3.34. The summed E-state index contributed by atoms with van der Waals surface area (Å²) >= 11 is 6.41. The molecule has 1 saturated carbocycles. The number of sulfonamides is 1. The van der Waals surface area contributed by atoms with Gasteiger partial charge in [-0.15, -0.1) is 0 Å². The van der Waals surface area contributed by atoms with Gasteiger partial charge in [-0.05, 0) is 123 Å². The normalized spacial score (nSPS) is 32.2. The van der Waals surface area contributed by atoms with Crippen molar-refractivity contribution in [3.8, 4) is 5.75 Å². The number of aryl methyl sites for hydroxylation is 1. The summed E-state index contributed by atoms with van der Waals surface area (Å²) in [5, 5.41) is 11.3. The molecule has 8 nitrogen and oxygen atoms in total. The van der Waals surface area contributed by atoms with Crippen molar-refractivity contribution in [1.82, 2.24) is 4.72 Å². The molecule has 1 spiro atoms. The number of hydrogen-bond donors (Lipinski definition) is 2. The second-order valence-corrected chi connectivity index (χ2v) is 16.6. The van der Waals surface area contributed by atoms with Crippen LogP contribution in [0.1, 0.15) is 79.3 Å². The highest BCUT2D eigenvalue weighted by Gasteiger charge is 2.44. The molecule has 248 valence electrons. The van der Waals surface area contributed by atoms with Crippen molar-refractivity contribution in [3.05, 3.63) is 70.3 Å². The highest BCUT2D eigenvalue weighted by Crippen LogP contribution is 2.47. The van der Waals surface area contributed by atoms with Gasteiger partial charge < -0.3 is 19.5 Å². The molecular formula is C36H45ClN2O6S. The van der Waals surface area contributed by atoms with Gasteiger partial charge in [-0.2, -0.15) is 0 Å². The van der Waals surface area contributed by atoms with E-state index in [4.69, 9.17) is 21.1 Å². The summed E-state index contributed by atoms with van der Waals surface area (Å²) in [6.07, 6.45) is 11.2. The third-order valence-electron chi connectivity index (χ3n) is 11.3. The Morgan fingerprint density at radius 2 is 1.91 bits per heavy atom. The minimum absolute atomic E-state index is 0.124. The molecule has 3 aliphatic heterocycles. The van der Waals surface area contributed by atoms with Gasteiger partial charge in [0, 0.05) is 42.3 Å². The molecule has 5 aliphatic rings. The molecule has 46 heavy (non-hydrogen) atoms. The number of nitrogens with zero attached hydrogens (tertiary/aromatic N) is 1. The van der Waals surface area contributed by atoms with Crippen LogP contribution in [0.5, 0.6) is 5.75 Å². The van der Waals surface area contributed by atoms with E-state index in [9.17, 15) is 18.3 Å². The standard InChI is InChI=1S/C36H45ClN2O6S/c37-28-9-11-31-25(19-28)4-3-15-36(31)22-39-21-27-7-10-30(27)33(40)6-2-1-5-29(18-24-13-16-44-17-14-24)46(42,43)38-35(41)26-8-12-34(45-23-36)32(39)20-26/h2,6,8-9,11-12,19-20,24,27,29-30,33,40H,1,3-5,7,10,13-18,21-23H2,(H,38,41)/b6-2+/t27-,29-,30+,33-,36-/m0/s1. The van der Waals surface area contributed by atoms with Crippen molar-refractivity contribution in [2.45, 2.75) is 81.0 Å². The van der Waals surface area contributed by atoms with E-state index in [-0.39, 0.29) is 23.2 Å². The molecule has 2 fully saturated rings. The van der Waals surface area contributed by atoms with Gasteiger partial charge in [0.1, 0.15) is 5.75 Å². The third-order valence-corrected chi connectivity index (χ3v) is 13.3. The lowest BCUT2D eigenvalue weighted by Gasteiger charge is -2.45. The number of ether oxygens (including phenoxy) is 2. The van der Waals surface area contributed by atoms with E-state index in [0.717, 1.165) is 55.7 Å². The van der Waals surface area contributed by atoms with Gasteiger partial charge in [0.25, 0.3) is 5.91 Å². The Kier molecular flexibility index (Phi) is 9.13. The molecule has 2 aromatic carbocycles. The number of benzene rings is 2. The Morgan fingerprint density at radius 3 is 2.72 bits per heavy atom. The highest BCUT2D eigenvalue weighted by atomic mass is 35.5. The van der Waals surface area contributed by atoms with E-state index in [2.05, 4.69) is 21.8 Å². The predicted molar refractivity (Wildman–Crippen MR) is 179 cm³/mol. The van der Waals surface area contributed by atoms with Gasteiger partial charge in [0.05, 0.1) is 23.6 Å². The Morgan fingerprint density at radius 1 is 1.07 bits per heavy atom. The van der Waals surface area contributed by atoms with Gasteiger partial charge in [-0.1, -0.05) is 29.8 Å². The minimum Gasteiger partial charge on any atom is -0.490 e. The fourth-order valence-corrected chi connectivity index (χ4v) is 10.2. The smallest absolute Gasteiger partial charge is 0.264 e. The number of nitrogens with one attached hydrogen (secondary N) is 1. The molecule has 5 atom stereocenters. The average molecular weight is 669 g/mol. The van der Waals surface area contributed by atoms with Crippen LogP contribution in [0.4, 0.5) is 5.69 Å². The molecule has 2 aliphatic carbocycles. The molecule has 3 heterocycles. The van der Waals surface area contributed by atoms with Crippen LogP contribution in [-0.4, -0.2) is 63.7 Å². The summed E-state index contributed by atoms with van der Waals surface area (Å²) in [4.78, 5) is 16.0. The molecule has 2 aromatic rings. The predicted octanol–water partition coefficient (Wildman–Crippen LogP) is 5.80. The summed E-state index contributed by atoms with van der Waals surface area (Å²) in [7, 11) is -3.96. The van der Waals surface area contributed by atoms with Gasteiger partial charge in [0.15, 0.2) is 0 Å². The van der Waals surface area contributed by atoms with E-state index < -0.39 is 27.3 Å². The number of carbonyl (C=O) groups is 1. The quantitative estimate of drug-likeness (QED) is 0.390. The van der Waals surface area contributed by atoms with Gasteiger partial charge >= 0.3 is 0 Å². The third kappa shape index (κ3) is 6.45. The van der Waals surface area contributed by atoms with E-state index >= 15 is 0 Å². The number of allylic oxidation sites excluding steroid dienone is 1. The molecule has 0 radical (unpaired) electrons. The van der Waals surface area contributed by atoms with Crippen molar-refractivity contribution < 1.29 is 27.8 Å². The van der Waals surface area contributed by atoms with Gasteiger partial charge in [-0.3, -0.25) is 4.79 Å². The van der Waals surface area contributed by atoms with Crippen LogP contribution in [0.15, 0.2) is 48.6 Å². The number of carbonyl (C=O) groups excluding carboxylic acids is 1. The zero-order chi connectivity index (χ0) is 31.9. The Labute approximate surface area is 277 Å². The maximum absolute atomic E-state index is 13.8. The van der Waals surface area contributed by atoms with Crippen molar-refractivity contribution in [3.63, 3.8) is 0 Å². The van der Waals surface area contributed by atoms with Crippen LogP contribution in [0.3, 0.4) is 0 Å². The van der Waals surface area contributed by atoms with Gasteiger partial charge in [0.2, 0.25) is 10.0 Å². The van der Waals surface area contributed by atoms with E-state index in [1.807, 2.05) is 24.3 Å². The summed E-state index contributed by atoms with van der Waals surface area (Å²) in [5.74, 6) is 0.706. The van der Waals surface area contributed by atoms with Crippen molar-refractivity contribution in [1.29, 1.82) is 0 Å². The highest BCUT2D eigenvalue weighted by molar-refractivity contribution is 7.90. The number of halogens is 1. The number of fused-ring (bicyclic) bond motifs is 4. The Bertz CT molecular complexity index is 1590. The zero-order valence-electron chi connectivity index (χ0n) is 26.3. The van der Waals surface area contributed by atoms with Gasteiger partial charge in [-0.25, -0.2) is 13.1 Å². The van der Waals surface area contributed by atoms with E-state index in [1.165, 1.54) is 11.1 Å². The van der Waals surface area contributed by atoms with Crippen LogP contribution in [-0.2, 0) is 26.6 Å². The lowest BCUT2D eigenvalue weighted by Crippen LogP contribution is -2.49. The molecule has 1 amide bonds. The number of hydrogen-bond acceptors (Lipinski definition) is 7. The molecule has 2 bridgehead atoms. The van der Waals surface area contributed by atoms with Crippen LogP contribution in [0.25, 0.3) is 0 Å². The molecule has 2 N–H and O–H groups in total. The fraction of sp³-hybridized carbons (Fsp3) is 0.583. The SMILES string of the molecule is O=C1NS(=O)(=O)[C@H](CC2CCOCC2)CC/C=C/[C@H](O)[C@@H]2CC[C@H]2CN2C[C@@]3(CCCc4cc(Cl)ccc43)COc3ccc1cc32. The average Bonchev–Trinajstić information content (AvgIpc) is 3.17. The fourth-order valence-electron chi connectivity index (χ4n) is 8.50. The molecular weight excluding hydrogens is 624 g/mol. The van der Waals surface area contributed by atoms with Crippen molar-refractivity contribution in [2.75, 3.05) is 37.8 Å². The van der Waals surface area contributed by atoms with Crippen LogP contribution in [0.2, 0.25) is 5.02 Å². The lowest BCUT2D eigenvalue weighted by atomic mass is 9.68. The number of anilines is 1.